The lowest BCUT2D eigenvalue weighted by Gasteiger charge is -2.24. The highest BCUT2D eigenvalue weighted by molar-refractivity contribution is 6.01. The molecule has 0 radical (unpaired) electrons. The van der Waals surface area contributed by atoms with Gasteiger partial charge in [-0.1, -0.05) is 36.4 Å². The molecule has 0 bridgehead atoms. The van der Waals surface area contributed by atoms with Gasteiger partial charge in [0.05, 0.1) is 17.8 Å². The van der Waals surface area contributed by atoms with Crippen LogP contribution in [0.15, 0.2) is 65.9 Å². The van der Waals surface area contributed by atoms with Crippen molar-refractivity contribution in [3.05, 3.63) is 77.6 Å². The quantitative estimate of drug-likeness (QED) is 0.891. The molecular weight excluding hydrogens is 312 g/mol. The zero-order valence-electron chi connectivity index (χ0n) is 13.4. The van der Waals surface area contributed by atoms with Crippen molar-refractivity contribution in [2.75, 3.05) is 5.32 Å². The monoisotopic (exact) mass is 328 g/mol. The van der Waals surface area contributed by atoms with Gasteiger partial charge < -0.3 is 15.5 Å². The van der Waals surface area contributed by atoms with Crippen molar-refractivity contribution in [1.82, 2.24) is 10.2 Å². The third kappa shape index (κ3) is 2.24. The van der Waals surface area contributed by atoms with E-state index in [1.54, 1.807) is 6.20 Å². The van der Waals surface area contributed by atoms with Gasteiger partial charge in [0.25, 0.3) is 0 Å². The average molecular weight is 328 g/mol. The van der Waals surface area contributed by atoms with Crippen molar-refractivity contribution in [3.63, 3.8) is 0 Å². The fourth-order valence-electron chi connectivity index (χ4n) is 3.57. The standard InChI is InChI=1S/C20H16N4O/c25-18-11-15-10-14(6-7-16(15)22-18)20-19(13-4-2-1-3-5-13)23-17-12-21-8-9-24(17)20/h1-10,12,17,23H,11H2,(H,22,25). The number of carbonyl (C=O) groups excluding carboxylic acids is 1. The van der Waals surface area contributed by atoms with E-state index >= 15 is 0 Å². The minimum absolute atomic E-state index is 0.00298. The highest BCUT2D eigenvalue weighted by atomic mass is 16.1. The maximum Gasteiger partial charge on any atom is 0.228 e. The normalized spacial score (nSPS) is 20.4. The number of anilines is 1. The maximum atomic E-state index is 11.7. The van der Waals surface area contributed by atoms with Gasteiger partial charge in [-0.25, -0.2) is 0 Å². The van der Waals surface area contributed by atoms with Crippen LogP contribution in [0.5, 0.6) is 0 Å². The molecule has 5 rings (SSSR count). The lowest BCUT2D eigenvalue weighted by atomic mass is 10.0. The molecule has 0 aliphatic carbocycles. The van der Waals surface area contributed by atoms with Crippen molar-refractivity contribution in [2.45, 2.75) is 12.6 Å². The van der Waals surface area contributed by atoms with Crippen LogP contribution in [0.25, 0.3) is 11.4 Å². The summed E-state index contributed by atoms with van der Waals surface area (Å²) in [7, 11) is 0. The van der Waals surface area contributed by atoms with Crippen molar-refractivity contribution < 1.29 is 4.79 Å². The van der Waals surface area contributed by atoms with Crippen LogP contribution in [0.2, 0.25) is 0 Å². The molecule has 5 heteroatoms. The van der Waals surface area contributed by atoms with Gasteiger partial charge in [0.1, 0.15) is 6.17 Å². The summed E-state index contributed by atoms with van der Waals surface area (Å²) in [5.41, 5.74) is 6.34. The Morgan fingerprint density at radius 3 is 2.84 bits per heavy atom. The van der Waals surface area contributed by atoms with Gasteiger partial charge in [-0.3, -0.25) is 9.79 Å². The first kappa shape index (κ1) is 14.0. The molecular formula is C20H16N4O. The van der Waals surface area contributed by atoms with Crippen LogP contribution in [-0.4, -0.2) is 23.2 Å². The molecule has 0 spiro atoms. The Morgan fingerprint density at radius 2 is 1.96 bits per heavy atom. The number of aliphatic imine (C=N–C) groups is 1. The van der Waals surface area contributed by atoms with Crippen molar-refractivity contribution in [1.29, 1.82) is 0 Å². The number of nitrogens with one attached hydrogen (secondary N) is 2. The maximum absolute atomic E-state index is 11.7. The zero-order valence-corrected chi connectivity index (χ0v) is 13.4. The topological polar surface area (TPSA) is 56.7 Å². The van der Waals surface area contributed by atoms with E-state index in [0.717, 1.165) is 33.8 Å². The van der Waals surface area contributed by atoms with Gasteiger partial charge in [0.15, 0.2) is 0 Å². The second-order valence-corrected chi connectivity index (χ2v) is 6.28. The first-order valence-electron chi connectivity index (χ1n) is 8.27. The fourth-order valence-corrected chi connectivity index (χ4v) is 3.57. The zero-order chi connectivity index (χ0) is 16.8. The first-order valence-corrected chi connectivity index (χ1v) is 8.27. The highest BCUT2D eigenvalue weighted by Crippen LogP contribution is 2.37. The molecule has 1 atom stereocenters. The van der Waals surface area contributed by atoms with Gasteiger partial charge in [0, 0.05) is 29.9 Å². The smallest absolute Gasteiger partial charge is 0.228 e. The Hall–Kier alpha value is -3.34. The van der Waals surface area contributed by atoms with E-state index in [1.807, 2.05) is 36.7 Å². The number of hydrogen-bond acceptors (Lipinski definition) is 4. The summed E-state index contributed by atoms with van der Waals surface area (Å²) in [4.78, 5) is 18.1. The number of carbonyl (C=O) groups is 1. The summed E-state index contributed by atoms with van der Waals surface area (Å²) in [5.74, 6) is 0.0526. The van der Waals surface area contributed by atoms with Gasteiger partial charge in [-0.2, -0.15) is 0 Å². The molecule has 2 aromatic carbocycles. The Morgan fingerprint density at radius 1 is 1.08 bits per heavy atom. The van der Waals surface area contributed by atoms with Crippen LogP contribution in [0.1, 0.15) is 16.7 Å². The predicted molar refractivity (Wildman–Crippen MR) is 98.4 cm³/mol. The first-order chi connectivity index (χ1) is 12.3. The lowest BCUT2D eigenvalue weighted by Crippen LogP contribution is -2.36. The molecule has 3 aliphatic heterocycles. The summed E-state index contributed by atoms with van der Waals surface area (Å²) < 4.78 is 0. The van der Waals surface area contributed by atoms with Crippen molar-refractivity contribution in [2.24, 2.45) is 4.99 Å². The number of nitrogens with zero attached hydrogens (tertiary/aromatic N) is 2. The van der Waals surface area contributed by atoms with Crippen molar-refractivity contribution in [3.8, 4) is 0 Å². The average Bonchev–Trinajstić information content (AvgIpc) is 3.21. The van der Waals surface area contributed by atoms with Gasteiger partial charge in [0.2, 0.25) is 5.91 Å². The second-order valence-electron chi connectivity index (χ2n) is 6.28. The Bertz CT molecular complexity index is 959. The number of rotatable bonds is 2. The lowest BCUT2D eigenvalue weighted by molar-refractivity contribution is -0.115. The van der Waals surface area contributed by atoms with Crippen LogP contribution >= 0.6 is 0 Å². The van der Waals surface area contributed by atoms with Crippen LogP contribution in [0, 0.1) is 0 Å². The van der Waals surface area contributed by atoms with Crippen LogP contribution in [0.4, 0.5) is 5.69 Å². The van der Waals surface area contributed by atoms with Crippen molar-refractivity contribution >= 4 is 29.2 Å². The fraction of sp³-hybridized carbons (Fsp3) is 0.100. The Kier molecular flexibility index (Phi) is 3.00. The molecule has 0 saturated heterocycles. The van der Waals surface area contributed by atoms with Gasteiger partial charge in [-0.15, -0.1) is 0 Å². The molecule has 3 aliphatic rings. The van der Waals surface area contributed by atoms with Gasteiger partial charge >= 0.3 is 0 Å². The van der Waals surface area contributed by atoms with Crippen LogP contribution in [-0.2, 0) is 11.2 Å². The number of amides is 1. The van der Waals surface area contributed by atoms with E-state index in [9.17, 15) is 4.79 Å². The number of fused-ring (bicyclic) bond motifs is 2. The number of hydrogen-bond donors (Lipinski definition) is 2. The molecule has 122 valence electrons. The Labute approximate surface area is 145 Å². The minimum Gasteiger partial charge on any atom is -0.358 e. The Balaban J connectivity index is 1.67. The van der Waals surface area contributed by atoms with Crippen LogP contribution in [0.3, 0.4) is 0 Å². The molecule has 25 heavy (non-hydrogen) atoms. The van der Waals surface area contributed by atoms with E-state index in [-0.39, 0.29) is 12.1 Å². The third-order valence-electron chi connectivity index (χ3n) is 4.69. The minimum atomic E-state index is 0.00298. The molecule has 5 nitrogen and oxygen atoms in total. The summed E-state index contributed by atoms with van der Waals surface area (Å²) in [5, 5.41) is 6.45. The number of benzene rings is 2. The van der Waals surface area contributed by atoms with E-state index in [1.165, 1.54) is 0 Å². The van der Waals surface area contributed by atoms with Crippen LogP contribution < -0.4 is 10.6 Å². The molecule has 2 aromatic rings. The molecule has 1 unspecified atom stereocenters. The second kappa shape index (κ2) is 5.34. The molecule has 3 heterocycles. The summed E-state index contributed by atoms with van der Waals surface area (Å²) >= 11 is 0. The van der Waals surface area contributed by atoms with E-state index in [2.05, 4.69) is 44.8 Å². The SMILES string of the molecule is O=C1Cc2cc(C3=C(c4ccccc4)NC4C=NC=CN34)ccc2N1. The summed E-state index contributed by atoms with van der Waals surface area (Å²) in [6.07, 6.45) is 6.12. The molecule has 0 aromatic heterocycles. The molecule has 0 saturated carbocycles. The van der Waals surface area contributed by atoms with E-state index in [0.29, 0.717) is 6.42 Å². The molecule has 2 N–H and O–H groups in total. The third-order valence-corrected chi connectivity index (χ3v) is 4.69. The molecule has 1 amide bonds. The van der Waals surface area contributed by atoms with Gasteiger partial charge in [-0.05, 0) is 23.3 Å². The highest BCUT2D eigenvalue weighted by Gasteiger charge is 2.32. The summed E-state index contributed by atoms with van der Waals surface area (Å²) in [6, 6.07) is 16.4. The van der Waals surface area contributed by atoms with E-state index < -0.39 is 0 Å². The van der Waals surface area contributed by atoms with E-state index in [4.69, 9.17) is 0 Å². The summed E-state index contributed by atoms with van der Waals surface area (Å²) in [6.45, 7) is 0. The largest absolute Gasteiger partial charge is 0.358 e. The molecule has 0 fully saturated rings. The predicted octanol–water partition coefficient (Wildman–Crippen LogP) is 2.79.